The van der Waals surface area contributed by atoms with E-state index < -0.39 is 5.97 Å². The molecule has 0 unspecified atom stereocenters. The minimum atomic E-state index is -0.935. The first kappa shape index (κ1) is 20.0. The second-order valence-electron chi connectivity index (χ2n) is 6.66. The number of carbonyl (C=O) groups is 1. The molecule has 1 aliphatic rings. The van der Waals surface area contributed by atoms with E-state index in [1.807, 2.05) is 36.6 Å². The summed E-state index contributed by atoms with van der Waals surface area (Å²) in [4.78, 5) is 20.7. The molecule has 0 amide bonds. The lowest BCUT2D eigenvalue weighted by Crippen LogP contribution is -2.15. The van der Waals surface area contributed by atoms with Gasteiger partial charge in [-0.3, -0.25) is 0 Å². The van der Waals surface area contributed by atoms with Crippen LogP contribution in [0.5, 0.6) is 11.5 Å². The highest BCUT2D eigenvalue weighted by molar-refractivity contribution is 7.98. The molecule has 1 aliphatic heterocycles. The topological polar surface area (TPSA) is 93.6 Å². The van der Waals surface area contributed by atoms with E-state index in [1.165, 1.54) is 18.1 Å². The second-order valence-corrected chi connectivity index (χ2v) is 7.51. The first-order chi connectivity index (χ1) is 14.6. The lowest BCUT2D eigenvalue weighted by atomic mass is 10.1. The van der Waals surface area contributed by atoms with Crippen LogP contribution in [0.15, 0.2) is 53.7 Å². The average Bonchev–Trinajstić information content (AvgIpc) is 2.78. The SMILES string of the molecule is CSc1cc(-c2cc(NCCc3ccc4c(c3)OCCO4)ncn2)ccc1C(=O)O. The molecule has 2 N–H and O–H groups in total. The number of carboxylic acids is 1. The second kappa shape index (κ2) is 9.04. The molecule has 1 aromatic heterocycles. The standard InChI is InChI=1S/C22H21N3O4S/c1-30-20-11-15(3-4-16(20)22(26)27)17-12-21(25-13-24-17)23-7-6-14-2-5-18-19(10-14)29-9-8-28-18/h2-5,10-13H,6-9H2,1H3,(H,26,27)(H,23,24,25). The van der Waals surface area contributed by atoms with Crippen molar-refractivity contribution in [2.45, 2.75) is 11.3 Å². The number of nitrogens with one attached hydrogen (secondary N) is 1. The Bertz CT molecular complexity index is 1070. The van der Waals surface area contributed by atoms with Crippen molar-refractivity contribution in [3.05, 3.63) is 59.9 Å². The number of thioether (sulfide) groups is 1. The summed E-state index contributed by atoms with van der Waals surface area (Å²) >= 11 is 1.40. The van der Waals surface area contributed by atoms with E-state index in [0.29, 0.717) is 30.5 Å². The summed E-state index contributed by atoms with van der Waals surface area (Å²) in [5.41, 5.74) is 3.02. The van der Waals surface area contributed by atoms with Crippen LogP contribution >= 0.6 is 11.8 Å². The van der Waals surface area contributed by atoms with Crippen LogP contribution in [-0.2, 0) is 6.42 Å². The van der Waals surface area contributed by atoms with Gasteiger partial charge in [0.15, 0.2) is 11.5 Å². The van der Waals surface area contributed by atoms with Crippen molar-refractivity contribution in [1.82, 2.24) is 9.97 Å². The van der Waals surface area contributed by atoms with E-state index >= 15 is 0 Å². The van der Waals surface area contributed by atoms with Gasteiger partial charge in [0.2, 0.25) is 0 Å². The van der Waals surface area contributed by atoms with E-state index in [9.17, 15) is 9.90 Å². The van der Waals surface area contributed by atoms with Crippen molar-refractivity contribution in [3.63, 3.8) is 0 Å². The van der Waals surface area contributed by atoms with Gasteiger partial charge in [0.1, 0.15) is 25.4 Å². The molecular formula is C22H21N3O4S. The van der Waals surface area contributed by atoms with Gasteiger partial charge in [-0.05, 0) is 42.5 Å². The van der Waals surface area contributed by atoms with Gasteiger partial charge in [-0.25, -0.2) is 14.8 Å². The Kier molecular flexibility index (Phi) is 6.04. The van der Waals surface area contributed by atoms with Gasteiger partial charge in [-0.15, -0.1) is 11.8 Å². The molecule has 3 aromatic rings. The maximum Gasteiger partial charge on any atom is 0.336 e. The summed E-state index contributed by atoms with van der Waals surface area (Å²) in [5.74, 6) is 1.36. The zero-order valence-corrected chi connectivity index (χ0v) is 17.2. The number of fused-ring (bicyclic) bond motifs is 1. The van der Waals surface area contributed by atoms with E-state index in [4.69, 9.17) is 9.47 Å². The van der Waals surface area contributed by atoms with Crippen molar-refractivity contribution < 1.29 is 19.4 Å². The lowest BCUT2D eigenvalue weighted by Gasteiger charge is -2.19. The van der Waals surface area contributed by atoms with Gasteiger partial charge in [-0.1, -0.05) is 12.1 Å². The van der Waals surface area contributed by atoms with E-state index in [2.05, 4.69) is 15.3 Å². The number of hydrogen-bond donors (Lipinski definition) is 2. The first-order valence-electron chi connectivity index (χ1n) is 9.50. The predicted molar refractivity (Wildman–Crippen MR) is 116 cm³/mol. The molecule has 0 radical (unpaired) electrons. The number of rotatable bonds is 7. The summed E-state index contributed by atoms with van der Waals surface area (Å²) in [7, 11) is 0. The molecule has 0 atom stereocenters. The maximum atomic E-state index is 11.3. The number of aromatic nitrogens is 2. The Balaban J connectivity index is 1.43. The van der Waals surface area contributed by atoms with Gasteiger partial charge in [0.25, 0.3) is 0 Å². The highest BCUT2D eigenvalue weighted by Crippen LogP contribution is 2.31. The fourth-order valence-corrected chi connectivity index (χ4v) is 3.84. The first-order valence-corrected chi connectivity index (χ1v) is 10.7. The number of hydrogen-bond acceptors (Lipinski definition) is 7. The van der Waals surface area contributed by atoms with Crippen molar-refractivity contribution in [1.29, 1.82) is 0 Å². The highest BCUT2D eigenvalue weighted by atomic mass is 32.2. The number of aromatic carboxylic acids is 1. The number of nitrogens with zero attached hydrogens (tertiary/aromatic N) is 2. The largest absolute Gasteiger partial charge is 0.486 e. The molecule has 2 heterocycles. The Hall–Kier alpha value is -3.26. The summed E-state index contributed by atoms with van der Waals surface area (Å²) in [5, 5.41) is 12.6. The molecule has 0 aliphatic carbocycles. The molecule has 30 heavy (non-hydrogen) atoms. The molecule has 154 valence electrons. The molecule has 0 fully saturated rings. The lowest BCUT2D eigenvalue weighted by molar-refractivity contribution is 0.0693. The summed E-state index contributed by atoms with van der Waals surface area (Å²) < 4.78 is 11.2. The zero-order chi connectivity index (χ0) is 20.9. The molecule has 0 saturated heterocycles. The molecule has 0 spiro atoms. The Labute approximate surface area is 178 Å². The van der Waals surface area contributed by atoms with Crippen molar-refractivity contribution >= 4 is 23.5 Å². The van der Waals surface area contributed by atoms with E-state index in [-0.39, 0.29) is 5.56 Å². The number of benzene rings is 2. The highest BCUT2D eigenvalue weighted by Gasteiger charge is 2.13. The third-order valence-electron chi connectivity index (χ3n) is 4.72. The summed E-state index contributed by atoms with van der Waals surface area (Å²) in [6, 6.07) is 13.1. The molecule has 0 saturated carbocycles. The number of ether oxygens (including phenoxy) is 2. The normalized spacial score (nSPS) is 12.4. The average molecular weight is 423 g/mol. The van der Waals surface area contributed by atoms with E-state index in [0.717, 1.165) is 34.7 Å². The molecule has 8 heteroatoms. The van der Waals surface area contributed by atoms with Crippen LogP contribution < -0.4 is 14.8 Å². The Morgan fingerprint density at radius 2 is 1.93 bits per heavy atom. The summed E-state index contributed by atoms with van der Waals surface area (Å²) in [6.07, 6.45) is 4.17. The number of anilines is 1. The van der Waals surface area contributed by atoms with Crippen LogP contribution in [0.2, 0.25) is 0 Å². The van der Waals surface area contributed by atoms with Crippen LogP contribution in [-0.4, -0.2) is 47.1 Å². The molecule has 0 bridgehead atoms. The van der Waals surface area contributed by atoms with Crippen LogP contribution in [0.25, 0.3) is 11.3 Å². The minimum absolute atomic E-state index is 0.290. The Morgan fingerprint density at radius 1 is 1.10 bits per heavy atom. The van der Waals surface area contributed by atoms with Gasteiger partial charge < -0.3 is 19.9 Å². The fourth-order valence-electron chi connectivity index (χ4n) is 3.22. The van der Waals surface area contributed by atoms with Gasteiger partial charge in [-0.2, -0.15) is 0 Å². The monoisotopic (exact) mass is 423 g/mol. The van der Waals surface area contributed by atoms with Gasteiger partial charge >= 0.3 is 5.97 Å². The van der Waals surface area contributed by atoms with Crippen molar-refractivity contribution in [2.24, 2.45) is 0 Å². The van der Waals surface area contributed by atoms with Gasteiger partial charge in [0, 0.05) is 23.1 Å². The Morgan fingerprint density at radius 3 is 2.73 bits per heavy atom. The number of carboxylic acid groups (broad SMARTS) is 1. The van der Waals surface area contributed by atoms with Crippen LogP contribution in [0, 0.1) is 0 Å². The third kappa shape index (κ3) is 4.49. The fraction of sp³-hybridized carbons (Fsp3) is 0.227. The zero-order valence-electron chi connectivity index (χ0n) is 16.4. The molecule has 7 nitrogen and oxygen atoms in total. The molecule has 2 aromatic carbocycles. The summed E-state index contributed by atoms with van der Waals surface area (Å²) in [6.45, 7) is 1.86. The minimum Gasteiger partial charge on any atom is -0.486 e. The third-order valence-corrected chi connectivity index (χ3v) is 5.50. The molecular weight excluding hydrogens is 402 g/mol. The maximum absolute atomic E-state index is 11.3. The van der Waals surface area contributed by atoms with E-state index in [1.54, 1.807) is 12.1 Å². The van der Waals surface area contributed by atoms with Crippen molar-refractivity contribution in [3.8, 4) is 22.8 Å². The predicted octanol–water partition coefficient (Wildman–Crippen LogP) is 3.99. The smallest absolute Gasteiger partial charge is 0.336 e. The van der Waals surface area contributed by atoms with Crippen LogP contribution in [0.4, 0.5) is 5.82 Å². The van der Waals surface area contributed by atoms with Crippen LogP contribution in [0.1, 0.15) is 15.9 Å². The van der Waals surface area contributed by atoms with Crippen molar-refractivity contribution in [2.75, 3.05) is 31.3 Å². The van der Waals surface area contributed by atoms with Gasteiger partial charge in [0.05, 0.1) is 11.3 Å². The van der Waals surface area contributed by atoms with Crippen LogP contribution in [0.3, 0.4) is 0 Å². The molecule has 4 rings (SSSR count). The quantitative estimate of drug-likeness (QED) is 0.551.